The van der Waals surface area contributed by atoms with Crippen LogP contribution in [0.1, 0.15) is 22.2 Å². The second-order valence-corrected chi connectivity index (χ2v) is 7.81. The number of hydrogen-bond acceptors (Lipinski definition) is 5. The number of hydrogen-bond donors (Lipinski definition) is 1. The number of carbonyl (C=O) groups is 2. The van der Waals surface area contributed by atoms with E-state index in [0.29, 0.717) is 17.2 Å². The summed E-state index contributed by atoms with van der Waals surface area (Å²) in [6.07, 6.45) is 0. The van der Waals surface area contributed by atoms with E-state index in [0.717, 1.165) is 29.2 Å². The maximum Gasteiger partial charge on any atom is 0.294 e. The number of para-hydroxylation sites is 1. The van der Waals surface area contributed by atoms with Crippen LogP contribution in [0.4, 0.5) is 18.9 Å². The molecule has 1 aliphatic heterocycles. The fourth-order valence-electron chi connectivity index (χ4n) is 4.16. The van der Waals surface area contributed by atoms with E-state index in [1.165, 1.54) is 25.3 Å². The first kappa shape index (κ1) is 22.3. The van der Waals surface area contributed by atoms with Crippen LogP contribution in [0.2, 0.25) is 0 Å². The number of aliphatic hydroxyl groups is 1. The van der Waals surface area contributed by atoms with Gasteiger partial charge in [0.15, 0.2) is 22.9 Å². The molecule has 1 aliphatic rings. The van der Waals surface area contributed by atoms with E-state index in [-0.39, 0.29) is 22.6 Å². The summed E-state index contributed by atoms with van der Waals surface area (Å²) in [5.74, 6) is -5.22. The highest BCUT2D eigenvalue weighted by Gasteiger charge is 2.46. The highest BCUT2D eigenvalue weighted by molar-refractivity contribution is 6.20. The number of aliphatic hydroxyl groups excluding tert-OH is 1. The number of rotatable bonds is 5. The van der Waals surface area contributed by atoms with Gasteiger partial charge >= 0.3 is 0 Å². The molecule has 1 aromatic heterocycles. The Morgan fingerprint density at radius 1 is 1.00 bits per heavy atom. The minimum absolute atomic E-state index is 0.201. The number of halogens is 3. The summed E-state index contributed by atoms with van der Waals surface area (Å²) >= 11 is 0. The van der Waals surface area contributed by atoms with Crippen molar-refractivity contribution in [2.45, 2.75) is 6.04 Å². The van der Waals surface area contributed by atoms with Crippen molar-refractivity contribution in [2.75, 3.05) is 12.0 Å². The van der Waals surface area contributed by atoms with Gasteiger partial charge in [-0.25, -0.2) is 13.2 Å². The summed E-state index contributed by atoms with van der Waals surface area (Å²) in [4.78, 5) is 27.5. The molecule has 2 heterocycles. The molecule has 0 aliphatic carbocycles. The molecule has 35 heavy (non-hydrogen) atoms. The molecule has 9 heteroatoms. The molecule has 1 N–H and O–H groups in total. The molecule has 0 saturated heterocycles. The van der Waals surface area contributed by atoms with Crippen LogP contribution in [-0.2, 0) is 4.79 Å². The zero-order chi connectivity index (χ0) is 24.9. The molecule has 176 valence electrons. The molecule has 1 unspecified atom stereocenters. The maximum absolute atomic E-state index is 14.7. The Balaban J connectivity index is 1.68. The average Bonchev–Trinajstić information content (AvgIpc) is 3.39. The summed E-state index contributed by atoms with van der Waals surface area (Å²) in [5.41, 5.74) is -0.276. The number of ether oxygens (including phenoxy) is 1. The molecular formula is C26H16F3NO5. The maximum atomic E-state index is 14.7. The van der Waals surface area contributed by atoms with Crippen molar-refractivity contribution >= 4 is 28.3 Å². The number of carbonyl (C=O) groups excluding carboxylic acids is 2. The van der Waals surface area contributed by atoms with Gasteiger partial charge in [0.05, 0.1) is 24.4 Å². The van der Waals surface area contributed by atoms with Crippen LogP contribution in [0, 0.1) is 17.5 Å². The molecule has 0 spiro atoms. The Morgan fingerprint density at radius 2 is 1.71 bits per heavy atom. The van der Waals surface area contributed by atoms with Gasteiger partial charge in [-0.15, -0.1) is 0 Å². The monoisotopic (exact) mass is 479 g/mol. The van der Waals surface area contributed by atoms with Gasteiger partial charge in [-0.3, -0.25) is 14.5 Å². The van der Waals surface area contributed by atoms with Gasteiger partial charge in [-0.1, -0.05) is 24.3 Å². The first-order chi connectivity index (χ1) is 16.8. The zero-order valence-electron chi connectivity index (χ0n) is 18.1. The van der Waals surface area contributed by atoms with Crippen LogP contribution in [0.5, 0.6) is 5.75 Å². The molecule has 4 aromatic rings. The van der Waals surface area contributed by atoms with Gasteiger partial charge in [0.1, 0.15) is 17.5 Å². The zero-order valence-corrected chi connectivity index (χ0v) is 18.1. The van der Waals surface area contributed by atoms with Crippen LogP contribution in [-0.4, -0.2) is 23.9 Å². The number of amides is 1. The van der Waals surface area contributed by atoms with Crippen LogP contribution < -0.4 is 9.64 Å². The Hall–Kier alpha value is -4.53. The summed E-state index contributed by atoms with van der Waals surface area (Å²) in [6.45, 7) is 0. The summed E-state index contributed by atoms with van der Waals surface area (Å²) < 4.78 is 52.8. The second kappa shape index (κ2) is 8.35. The fourth-order valence-corrected chi connectivity index (χ4v) is 4.16. The van der Waals surface area contributed by atoms with E-state index in [4.69, 9.17) is 9.15 Å². The van der Waals surface area contributed by atoms with Gasteiger partial charge in [0.25, 0.3) is 5.91 Å². The standard InChI is InChI=1S/C26H16F3NO5/c1-34-19-4-2-3-14-11-20(35-25(14)19)23(31)21-22(13-5-7-15(27)8-6-13)30(26(33)24(21)32)18-10-9-16(28)12-17(18)29/h2-12,22,32H,1H3. The van der Waals surface area contributed by atoms with Crippen LogP contribution in [0.25, 0.3) is 11.0 Å². The minimum Gasteiger partial charge on any atom is -0.503 e. The summed E-state index contributed by atoms with van der Waals surface area (Å²) in [6, 6.07) is 12.4. The van der Waals surface area contributed by atoms with E-state index < -0.39 is 46.5 Å². The van der Waals surface area contributed by atoms with Gasteiger partial charge < -0.3 is 14.3 Å². The third kappa shape index (κ3) is 3.61. The van der Waals surface area contributed by atoms with Crippen molar-refractivity contribution in [2.24, 2.45) is 0 Å². The molecular weight excluding hydrogens is 463 g/mol. The molecule has 6 nitrogen and oxygen atoms in total. The molecule has 5 rings (SSSR count). The minimum atomic E-state index is -1.34. The Kier molecular flexibility index (Phi) is 5.32. The number of nitrogens with zero attached hydrogens (tertiary/aromatic N) is 1. The van der Waals surface area contributed by atoms with Crippen molar-refractivity contribution in [1.29, 1.82) is 0 Å². The number of benzene rings is 3. The molecule has 0 saturated carbocycles. The van der Waals surface area contributed by atoms with Gasteiger partial charge in [-0.05, 0) is 42.0 Å². The molecule has 0 fully saturated rings. The highest BCUT2D eigenvalue weighted by Crippen LogP contribution is 2.43. The van der Waals surface area contributed by atoms with Gasteiger partial charge in [0, 0.05) is 11.5 Å². The molecule has 0 bridgehead atoms. The second-order valence-electron chi connectivity index (χ2n) is 7.81. The van der Waals surface area contributed by atoms with E-state index >= 15 is 0 Å². The van der Waals surface area contributed by atoms with Crippen molar-refractivity contribution in [3.8, 4) is 5.75 Å². The molecule has 1 atom stereocenters. The van der Waals surface area contributed by atoms with Crippen molar-refractivity contribution in [3.63, 3.8) is 0 Å². The summed E-state index contributed by atoms with van der Waals surface area (Å²) in [7, 11) is 1.43. The fraction of sp³-hybridized carbons (Fsp3) is 0.0769. The number of fused-ring (bicyclic) bond motifs is 1. The number of methoxy groups -OCH3 is 1. The Labute approximate surface area is 196 Å². The van der Waals surface area contributed by atoms with E-state index in [2.05, 4.69) is 0 Å². The molecule has 1 amide bonds. The van der Waals surface area contributed by atoms with E-state index in [1.54, 1.807) is 18.2 Å². The lowest BCUT2D eigenvalue weighted by Crippen LogP contribution is -2.31. The topological polar surface area (TPSA) is 80.0 Å². The lowest BCUT2D eigenvalue weighted by Gasteiger charge is -2.27. The van der Waals surface area contributed by atoms with Crippen molar-refractivity contribution in [1.82, 2.24) is 0 Å². The van der Waals surface area contributed by atoms with Crippen LogP contribution in [0.15, 0.2) is 82.5 Å². The predicted molar refractivity (Wildman–Crippen MR) is 120 cm³/mol. The highest BCUT2D eigenvalue weighted by atomic mass is 19.1. The Bertz CT molecular complexity index is 1520. The predicted octanol–water partition coefficient (Wildman–Crippen LogP) is 5.64. The molecule has 3 aromatic carbocycles. The van der Waals surface area contributed by atoms with Crippen LogP contribution >= 0.6 is 0 Å². The van der Waals surface area contributed by atoms with E-state index in [1.807, 2.05) is 0 Å². The first-order valence-corrected chi connectivity index (χ1v) is 10.4. The number of ketones is 1. The smallest absolute Gasteiger partial charge is 0.294 e. The van der Waals surface area contributed by atoms with Crippen LogP contribution in [0.3, 0.4) is 0 Å². The van der Waals surface area contributed by atoms with Gasteiger partial charge in [0.2, 0.25) is 5.78 Å². The number of Topliss-reactive ketones (excluding diaryl/α,β-unsaturated/α-hetero) is 1. The SMILES string of the molecule is COc1cccc2cc(C(=O)C3=C(O)C(=O)N(c4ccc(F)cc4F)C3c3ccc(F)cc3)oc12. The van der Waals surface area contributed by atoms with E-state index in [9.17, 15) is 27.9 Å². The summed E-state index contributed by atoms with van der Waals surface area (Å²) in [5, 5.41) is 11.3. The largest absolute Gasteiger partial charge is 0.503 e. The lowest BCUT2D eigenvalue weighted by atomic mass is 9.94. The average molecular weight is 479 g/mol. The Morgan fingerprint density at radius 3 is 2.40 bits per heavy atom. The quantitative estimate of drug-likeness (QED) is 0.375. The third-order valence-corrected chi connectivity index (χ3v) is 5.76. The van der Waals surface area contributed by atoms with Gasteiger partial charge in [-0.2, -0.15) is 0 Å². The third-order valence-electron chi connectivity index (χ3n) is 5.76. The first-order valence-electron chi connectivity index (χ1n) is 10.4. The number of anilines is 1. The number of furan rings is 1. The van der Waals surface area contributed by atoms with Crippen molar-refractivity contribution < 1.29 is 37.0 Å². The molecule has 0 radical (unpaired) electrons. The lowest BCUT2D eigenvalue weighted by molar-refractivity contribution is -0.117. The van der Waals surface area contributed by atoms with Crippen molar-refractivity contribution in [3.05, 3.63) is 107 Å². The normalized spacial score (nSPS) is 15.8.